The Bertz CT molecular complexity index is 630. The second-order valence-electron chi connectivity index (χ2n) is 7.48. The number of oxime groups is 1. The molecular weight excluding hydrogens is 306 g/mol. The van der Waals surface area contributed by atoms with Crippen molar-refractivity contribution in [3.05, 3.63) is 34.9 Å². The summed E-state index contributed by atoms with van der Waals surface area (Å²) in [6.45, 7) is 13.2. The molecule has 0 aromatic heterocycles. The molecule has 0 bridgehead atoms. The predicted octanol–water partition coefficient (Wildman–Crippen LogP) is 4.54. The summed E-state index contributed by atoms with van der Waals surface area (Å²) >= 11 is 0. The number of carbonyl (C=O) groups is 1. The van der Waals surface area contributed by atoms with E-state index in [0.717, 1.165) is 29.7 Å². The van der Waals surface area contributed by atoms with E-state index in [9.17, 15) is 4.79 Å². The molecule has 1 aromatic rings. The molecule has 1 aliphatic carbocycles. The van der Waals surface area contributed by atoms with E-state index in [1.807, 2.05) is 25.1 Å². The highest BCUT2D eigenvalue weighted by molar-refractivity contribution is 6.74. The highest BCUT2D eigenvalue weighted by atomic mass is 28.4. The second kappa shape index (κ2) is 6.47. The van der Waals surface area contributed by atoms with Gasteiger partial charge in [0.25, 0.3) is 8.32 Å². The first-order chi connectivity index (χ1) is 10.7. The largest absolute Gasteiger partial charge is 0.462 e. The van der Waals surface area contributed by atoms with Gasteiger partial charge in [0.2, 0.25) is 0 Å². The Morgan fingerprint density at radius 3 is 2.57 bits per heavy atom. The first-order valence-electron chi connectivity index (χ1n) is 8.21. The fourth-order valence-corrected chi connectivity index (χ4v) is 2.82. The molecule has 0 heterocycles. The lowest BCUT2D eigenvalue weighted by molar-refractivity contribution is 0.0526. The molecule has 0 radical (unpaired) electrons. The quantitative estimate of drug-likeness (QED) is 0.462. The monoisotopic (exact) mass is 333 g/mol. The van der Waals surface area contributed by atoms with Crippen LogP contribution in [0, 0.1) is 0 Å². The third-order valence-electron chi connectivity index (χ3n) is 4.75. The lowest BCUT2D eigenvalue weighted by Crippen LogP contribution is -2.39. The number of esters is 1. The minimum atomic E-state index is -1.89. The zero-order valence-electron chi connectivity index (χ0n) is 15.0. The SMILES string of the molecule is CCOC(=O)c1ccc2c(c1)CCC2=NO[Si](C)(C)C(C)(C)C. The van der Waals surface area contributed by atoms with Crippen LogP contribution in [-0.2, 0) is 15.7 Å². The molecule has 23 heavy (non-hydrogen) atoms. The molecular formula is C18H27NO3Si. The standard InChI is InChI=1S/C18H27NO3Si/c1-7-21-17(20)14-8-10-15-13(12-14)9-11-16(15)19-22-23(5,6)18(2,3)4/h8,10,12H,7,9,11H2,1-6H3. The Hall–Kier alpha value is -1.62. The second-order valence-corrected chi connectivity index (χ2v) is 12.2. The summed E-state index contributed by atoms with van der Waals surface area (Å²) in [6, 6.07) is 5.69. The summed E-state index contributed by atoms with van der Waals surface area (Å²) in [7, 11) is -1.89. The van der Waals surface area contributed by atoms with Gasteiger partial charge >= 0.3 is 5.97 Å². The minimum Gasteiger partial charge on any atom is -0.462 e. The smallest absolute Gasteiger partial charge is 0.338 e. The molecule has 0 atom stereocenters. The van der Waals surface area contributed by atoms with Crippen LogP contribution in [0.25, 0.3) is 0 Å². The van der Waals surface area contributed by atoms with E-state index in [4.69, 9.17) is 9.26 Å². The number of ether oxygens (including phenoxy) is 1. The maximum absolute atomic E-state index is 11.8. The Morgan fingerprint density at radius 2 is 1.96 bits per heavy atom. The highest BCUT2D eigenvalue weighted by Crippen LogP contribution is 2.37. The highest BCUT2D eigenvalue weighted by Gasteiger charge is 2.40. The van der Waals surface area contributed by atoms with E-state index in [0.29, 0.717) is 12.2 Å². The average Bonchev–Trinajstić information content (AvgIpc) is 2.86. The van der Waals surface area contributed by atoms with Crippen molar-refractivity contribution >= 4 is 20.0 Å². The lowest BCUT2D eigenvalue weighted by atomic mass is 10.1. The van der Waals surface area contributed by atoms with Gasteiger partial charge in [0, 0.05) is 5.56 Å². The van der Waals surface area contributed by atoms with Crippen molar-refractivity contribution in [3.8, 4) is 0 Å². The summed E-state index contributed by atoms with van der Waals surface area (Å²) in [4.78, 5) is 11.8. The van der Waals surface area contributed by atoms with Gasteiger partial charge in [-0.1, -0.05) is 26.8 Å². The summed E-state index contributed by atoms with van der Waals surface area (Å²) in [5.41, 5.74) is 3.84. The van der Waals surface area contributed by atoms with Gasteiger partial charge in [0.05, 0.1) is 17.9 Å². The van der Waals surface area contributed by atoms with Crippen molar-refractivity contribution in [2.24, 2.45) is 5.16 Å². The maximum atomic E-state index is 11.8. The lowest BCUT2D eigenvalue weighted by Gasteiger charge is -2.33. The van der Waals surface area contributed by atoms with Crippen LogP contribution in [0.4, 0.5) is 0 Å². The molecule has 0 unspecified atom stereocenters. The molecule has 0 saturated heterocycles. The normalized spacial score (nSPS) is 16.3. The summed E-state index contributed by atoms with van der Waals surface area (Å²) in [5.74, 6) is -0.266. The zero-order valence-corrected chi connectivity index (χ0v) is 16.0. The minimum absolute atomic E-state index is 0.131. The van der Waals surface area contributed by atoms with Gasteiger partial charge in [-0.05, 0) is 55.6 Å². The number of benzene rings is 1. The van der Waals surface area contributed by atoms with Crippen molar-refractivity contribution in [2.75, 3.05) is 6.61 Å². The van der Waals surface area contributed by atoms with Crippen LogP contribution in [0.15, 0.2) is 23.4 Å². The van der Waals surface area contributed by atoms with Crippen LogP contribution in [0.1, 0.15) is 55.6 Å². The fourth-order valence-electron chi connectivity index (χ4n) is 2.21. The Balaban J connectivity index is 2.19. The first-order valence-corrected chi connectivity index (χ1v) is 11.1. The van der Waals surface area contributed by atoms with Crippen molar-refractivity contribution in [1.29, 1.82) is 0 Å². The van der Waals surface area contributed by atoms with Gasteiger partial charge < -0.3 is 9.26 Å². The summed E-state index contributed by atoms with van der Waals surface area (Å²) in [6.07, 6.45) is 1.75. The van der Waals surface area contributed by atoms with Gasteiger partial charge in [-0.2, -0.15) is 0 Å². The van der Waals surface area contributed by atoms with E-state index in [1.54, 1.807) is 0 Å². The van der Waals surface area contributed by atoms with Crippen LogP contribution in [0.3, 0.4) is 0 Å². The number of carbonyl (C=O) groups excluding carboxylic acids is 1. The molecule has 126 valence electrons. The molecule has 0 fully saturated rings. The van der Waals surface area contributed by atoms with E-state index < -0.39 is 8.32 Å². The van der Waals surface area contributed by atoms with Crippen LogP contribution in [-0.4, -0.2) is 26.6 Å². The Kier molecular flexibility index (Phi) is 4.99. The molecule has 1 aromatic carbocycles. The Morgan fingerprint density at radius 1 is 1.26 bits per heavy atom. The van der Waals surface area contributed by atoms with E-state index >= 15 is 0 Å². The molecule has 0 aliphatic heterocycles. The first kappa shape index (κ1) is 17.7. The van der Waals surface area contributed by atoms with Crippen LogP contribution < -0.4 is 0 Å². The molecule has 0 spiro atoms. The summed E-state index contributed by atoms with van der Waals surface area (Å²) in [5, 5.41) is 4.61. The zero-order chi connectivity index (χ0) is 17.3. The van der Waals surface area contributed by atoms with Crippen molar-refractivity contribution < 1.29 is 14.1 Å². The van der Waals surface area contributed by atoms with Gasteiger partial charge in [-0.3, -0.25) is 0 Å². The average molecular weight is 334 g/mol. The molecule has 0 N–H and O–H groups in total. The van der Waals surface area contributed by atoms with Gasteiger partial charge in [0.1, 0.15) is 0 Å². The van der Waals surface area contributed by atoms with Crippen molar-refractivity contribution in [2.45, 2.75) is 58.7 Å². The van der Waals surface area contributed by atoms with E-state index in [1.165, 1.54) is 0 Å². The number of nitrogens with zero attached hydrogens (tertiary/aromatic N) is 1. The van der Waals surface area contributed by atoms with E-state index in [2.05, 4.69) is 39.0 Å². The van der Waals surface area contributed by atoms with Crippen molar-refractivity contribution in [3.63, 3.8) is 0 Å². The van der Waals surface area contributed by atoms with Crippen LogP contribution in [0.5, 0.6) is 0 Å². The fraction of sp³-hybridized carbons (Fsp3) is 0.556. The number of aryl methyl sites for hydroxylation is 1. The number of rotatable bonds is 4. The van der Waals surface area contributed by atoms with Crippen molar-refractivity contribution in [1.82, 2.24) is 0 Å². The van der Waals surface area contributed by atoms with Crippen LogP contribution in [0.2, 0.25) is 18.1 Å². The third-order valence-corrected chi connectivity index (χ3v) is 8.91. The van der Waals surface area contributed by atoms with Gasteiger partial charge in [-0.15, -0.1) is 5.16 Å². The third kappa shape index (κ3) is 3.83. The molecule has 0 saturated carbocycles. The molecule has 2 rings (SSSR count). The van der Waals surface area contributed by atoms with Crippen LogP contribution >= 0.6 is 0 Å². The molecule has 4 nitrogen and oxygen atoms in total. The van der Waals surface area contributed by atoms with E-state index in [-0.39, 0.29) is 11.0 Å². The molecule has 0 amide bonds. The summed E-state index contributed by atoms with van der Waals surface area (Å²) < 4.78 is 11.0. The maximum Gasteiger partial charge on any atom is 0.338 e. The Labute approximate surface area is 140 Å². The topological polar surface area (TPSA) is 47.9 Å². The molecule has 5 heteroatoms. The molecule has 1 aliphatic rings. The van der Waals surface area contributed by atoms with Gasteiger partial charge in [-0.25, -0.2) is 4.79 Å². The number of hydrogen-bond acceptors (Lipinski definition) is 4. The number of hydrogen-bond donors (Lipinski definition) is 0. The predicted molar refractivity (Wildman–Crippen MR) is 95.5 cm³/mol. The van der Waals surface area contributed by atoms with Gasteiger partial charge in [0.15, 0.2) is 0 Å². The number of fused-ring (bicyclic) bond motifs is 1.